The zero-order valence-corrected chi connectivity index (χ0v) is 9.94. The molecular weight excluding hydrogens is 213 g/mol. The molecule has 1 rings (SSSR count). The second kappa shape index (κ2) is 6.09. The van der Waals surface area contributed by atoms with Gasteiger partial charge in [0.15, 0.2) is 0 Å². The van der Waals surface area contributed by atoms with E-state index in [1.807, 2.05) is 7.05 Å². The van der Waals surface area contributed by atoms with Crippen LogP contribution in [0, 0.1) is 11.7 Å². The van der Waals surface area contributed by atoms with Crippen molar-refractivity contribution < 1.29 is 4.39 Å². The monoisotopic (exact) mass is 229 g/mol. The molecule has 84 valence electrons. The lowest BCUT2D eigenvalue weighted by atomic mass is 9.98. The minimum atomic E-state index is -0.213. The van der Waals surface area contributed by atoms with Gasteiger partial charge >= 0.3 is 0 Å². The normalized spacial score (nSPS) is 12.8. The first-order valence-electron chi connectivity index (χ1n) is 5.22. The van der Waals surface area contributed by atoms with Crippen molar-refractivity contribution >= 4 is 11.6 Å². The van der Waals surface area contributed by atoms with E-state index in [9.17, 15) is 4.39 Å². The third kappa shape index (κ3) is 4.18. The molecule has 1 N–H and O–H groups in total. The van der Waals surface area contributed by atoms with Gasteiger partial charge < -0.3 is 5.32 Å². The van der Waals surface area contributed by atoms with Crippen LogP contribution in [0.1, 0.15) is 18.9 Å². The quantitative estimate of drug-likeness (QED) is 0.817. The largest absolute Gasteiger partial charge is 0.320 e. The Bertz CT molecular complexity index is 314. The van der Waals surface area contributed by atoms with Crippen LogP contribution >= 0.6 is 11.6 Å². The summed E-state index contributed by atoms with van der Waals surface area (Å²) in [5.41, 5.74) is 0.903. The molecule has 0 aliphatic heterocycles. The summed E-state index contributed by atoms with van der Waals surface area (Å²) in [7, 11) is 1.93. The third-order valence-electron chi connectivity index (χ3n) is 2.46. The molecule has 0 amide bonds. The van der Waals surface area contributed by atoms with Crippen molar-refractivity contribution in [1.82, 2.24) is 5.32 Å². The molecule has 15 heavy (non-hydrogen) atoms. The zero-order valence-electron chi connectivity index (χ0n) is 9.19. The van der Waals surface area contributed by atoms with Crippen molar-refractivity contribution in [3.05, 3.63) is 34.6 Å². The molecule has 0 radical (unpaired) electrons. The molecule has 0 aromatic heterocycles. The summed E-state index contributed by atoms with van der Waals surface area (Å²) < 4.78 is 13.0. The van der Waals surface area contributed by atoms with Crippen molar-refractivity contribution in [3.8, 4) is 0 Å². The average Bonchev–Trinajstić information content (AvgIpc) is 2.20. The van der Waals surface area contributed by atoms with E-state index in [2.05, 4.69) is 12.2 Å². The summed E-state index contributed by atoms with van der Waals surface area (Å²) in [5.74, 6) is 0.298. The molecule has 3 heteroatoms. The molecule has 0 spiro atoms. The SMILES string of the molecule is CNCCC(C)Cc1cc(F)ccc1Cl. The Labute approximate surface area is 95.6 Å². The van der Waals surface area contributed by atoms with Crippen LogP contribution in [0.3, 0.4) is 0 Å². The van der Waals surface area contributed by atoms with Crippen molar-refractivity contribution in [1.29, 1.82) is 0 Å². The summed E-state index contributed by atoms with van der Waals surface area (Å²) in [5, 5.41) is 3.76. The fraction of sp³-hybridized carbons (Fsp3) is 0.500. The number of benzene rings is 1. The number of nitrogens with one attached hydrogen (secondary N) is 1. The van der Waals surface area contributed by atoms with E-state index >= 15 is 0 Å². The number of rotatable bonds is 5. The first-order valence-corrected chi connectivity index (χ1v) is 5.59. The molecule has 0 aliphatic carbocycles. The highest BCUT2D eigenvalue weighted by Gasteiger charge is 2.07. The van der Waals surface area contributed by atoms with Gasteiger partial charge in [-0.1, -0.05) is 18.5 Å². The van der Waals surface area contributed by atoms with Gasteiger partial charge in [0, 0.05) is 5.02 Å². The van der Waals surface area contributed by atoms with E-state index < -0.39 is 0 Å². The fourth-order valence-electron chi connectivity index (χ4n) is 1.57. The van der Waals surface area contributed by atoms with Crippen molar-refractivity contribution in [2.75, 3.05) is 13.6 Å². The number of halogens is 2. The second-order valence-corrected chi connectivity index (χ2v) is 4.34. The van der Waals surface area contributed by atoms with E-state index in [1.165, 1.54) is 12.1 Å². The maximum absolute atomic E-state index is 13.0. The van der Waals surface area contributed by atoms with Crippen LogP contribution in [0.5, 0.6) is 0 Å². The van der Waals surface area contributed by atoms with Gasteiger partial charge in [-0.25, -0.2) is 4.39 Å². The highest BCUT2D eigenvalue weighted by Crippen LogP contribution is 2.21. The average molecular weight is 230 g/mol. The third-order valence-corrected chi connectivity index (χ3v) is 2.83. The molecule has 0 fully saturated rings. The summed E-state index contributed by atoms with van der Waals surface area (Å²) in [6.07, 6.45) is 1.90. The van der Waals surface area contributed by atoms with Gasteiger partial charge in [-0.2, -0.15) is 0 Å². The maximum atomic E-state index is 13.0. The van der Waals surface area contributed by atoms with Crippen molar-refractivity contribution in [2.24, 2.45) is 5.92 Å². The van der Waals surface area contributed by atoms with E-state index in [4.69, 9.17) is 11.6 Å². The van der Waals surface area contributed by atoms with Crippen LogP contribution in [0.2, 0.25) is 5.02 Å². The molecule has 1 nitrogen and oxygen atoms in total. The smallest absolute Gasteiger partial charge is 0.123 e. The Balaban J connectivity index is 2.59. The molecule has 0 heterocycles. The van der Waals surface area contributed by atoms with Gasteiger partial charge in [0.25, 0.3) is 0 Å². The van der Waals surface area contributed by atoms with Crippen LogP contribution in [0.25, 0.3) is 0 Å². The van der Waals surface area contributed by atoms with Gasteiger partial charge in [0.1, 0.15) is 5.82 Å². The minimum Gasteiger partial charge on any atom is -0.320 e. The first-order chi connectivity index (χ1) is 7.13. The maximum Gasteiger partial charge on any atom is 0.123 e. The summed E-state index contributed by atoms with van der Waals surface area (Å²) in [6.45, 7) is 3.13. The van der Waals surface area contributed by atoms with Gasteiger partial charge in [0.05, 0.1) is 0 Å². The van der Waals surface area contributed by atoms with E-state index in [1.54, 1.807) is 6.07 Å². The molecule has 0 bridgehead atoms. The lowest BCUT2D eigenvalue weighted by Gasteiger charge is -2.12. The molecule has 1 aromatic rings. The van der Waals surface area contributed by atoms with Crippen molar-refractivity contribution in [2.45, 2.75) is 19.8 Å². The predicted octanol–water partition coefficient (Wildman–Crippen LogP) is 3.27. The summed E-state index contributed by atoms with van der Waals surface area (Å²) >= 11 is 5.99. The lowest BCUT2D eigenvalue weighted by Crippen LogP contribution is -2.13. The van der Waals surface area contributed by atoms with Gasteiger partial charge in [-0.3, -0.25) is 0 Å². The number of hydrogen-bond donors (Lipinski definition) is 1. The molecule has 0 aliphatic rings. The minimum absolute atomic E-state index is 0.213. The van der Waals surface area contributed by atoms with Gasteiger partial charge in [0.2, 0.25) is 0 Å². The van der Waals surface area contributed by atoms with E-state index in [0.29, 0.717) is 10.9 Å². The van der Waals surface area contributed by atoms with E-state index in [0.717, 1.165) is 24.9 Å². The first kappa shape index (κ1) is 12.5. The Hall–Kier alpha value is -0.600. The Morgan fingerprint density at radius 2 is 2.20 bits per heavy atom. The number of hydrogen-bond acceptors (Lipinski definition) is 1. The Morgan fingerprint density at radius 1 is 1.47 bits per heavy atom. The highest BCUT2D eigenvalue weighted by atomic mass is 35.5. The highest BCUT2D eigenvalue weighted by molar-refractivity contribution is 6.31. The zero-order chi connectivity index (χ0) is 11.3. The topological polar surface area (TPSA) is 12.0 Å². The second-order valence-electron chi connectivity index (χ2n) is 3.94. The van der Waals surface area contributed by atoms with Crippen LogP contribution in [-0.4, -0.2) is 13.6 Å². The molecule has 1 atom stereocenters. The molecule has 0 saturated heterocycles. The van der Waals surface area contributed by atoms with Gasteiger partial charge in [-0.15, -0.1) is 0 Å². The molecule has 1 aromatic carbocycles. The van der Waals surface area contributed by atoms with E-state index in [-0.39, 0.29) is 5.82 Å². The predicted molar refractivity (Wildman–Crippen MR) is 62.8 cm³/mol. The fourth-order valence-corrected chi connectivity index (χ4v) is 1.76. The Morgan fingerprint density at radius 3 is 2.87 bits per heavy atom. The lowest BCUT2D eigenvalue weighted by molar-refractivity contribution is 0.513. The van der Waals surface area contributed by atoms with Gasteiger partial charge in [-0.05, 0) is 56.1 Å². The van der Waals surface area contributed by atoms with Crippen molar-refractivity contribution in [3.63, 3.8) is 0 Å². The standard InChI is InChI=1S/C12H17ClFN/c1-9(5-6-15-2)7-10-8-11(14)3-4-12(10)13/h3-4,8-9,15H,5-7H2,1-2H3. The van der Waals surface area contributed by atoms with Crippen LogP contribution in [-0.2, 0) is 6.42 Å². The van der Waals surface area contributed by atoms with Crippen LogP contribution in [0.15, 0.2) is 18.2 Å². The summed E-state index contributed by atoms with van der Waals surface area (Å²) in [4.78, 5) is 0. The van der Waals surface area contributed by atoms with Crippen LogP contribution in [0.4, 0.5) is 4.39 Å². The summed E-state index contributed by atoms with van der Waals surface area (Å²) in [6, 6.07) is 4.54. The van der Waals surface area contributed by atoms with Crippen LogP contribution < -0.4 is 5.32 Å². The molecule has 1 unspecified atom stereocenters. The Kier molecular flexibility index (Phi) is 5.06. The molecule has 0 saturated carbocycles. The molecular formula is C12H17ClFN.